The third kappa shape index (κ3) is 5.62. The monoisotopic (exact) mass is 522 g/mol. The molecule has 0 aliphatic carbocycles. The number of aromatic nitrogens is 1. The zero-order valence-corrected chi connectivity index (χ0v) is 22.6. The number of carbonyl (C=O) groups is 3. The summed E-state index contributed by atoms with van der Waals surface area (Å²) >= 11 is 0. The van der Waals surface area contributed by atoms with Crippen molar-refractivity contribution in [3.63, 3.8) is 0 Å². The van der Waals surface area contributed by atoms with E-state index < -0.39 is 12.1 Å². The molecule has 2 heterocycles. The molecule has 1 aromatic heterocycles. The molecule has 7 heteroatoms. The quantitative estimate of drug-likeness (QED) is 0.373. The van der Waals surface area contributed by atoms with Gasteiger partial charge in [-0.15, -0.1) is 0 Å². The molecule has 0 radical (unpaired) electrons. The van der Waals surface area contributed by atoms with E-state index in [2.05, 4.69) is 10.3 Å². The molecule has 200 valence electrons. The van der Waals surface area contributed by atoms with Gasteiger partial charge < -0.3 is 15.1 Å². The second-order valence-corrected chi connectivity index (χ2v) is 10.7. The van der Waals surface area contributed by atoms with Crippen LogP contribution in [0, 0.1) is 5.92 Å². The standard InChI is InChI=1S/C32H34N4O3/c1-21(2)15-29-32(39)36(20-30(37)35(29)19-23-11-13-27-26(17-23)9-6-14-34-27)28(31(38)33-3)18-22-10-12-24-7-4-5-8-25(24)16-22/h4-14,16-17,21,28-29H,15,18-20H2,1-3H3,(H,33,38)/t28-,29-/m0/s1. The lowest BCUT2D eigenvalue weighted by atomic mass is 9.95. The van der Waals surface area contributed by atoms with Crippen molar-refractivity contribution in [2.45, 2.75) is 45.3 Å². The SMILES string of the molecule is CNC(=O)[C@H](Cc1ccc2ccccc2c1)N1CC(=O)N(Cc2ccc3ncccc3c2)[C@@H](CC(C)C)C1=O. The molecule has 1 aliphatic heterocycles. The minimum absolute atomic E-state index is 0.131. The summed E-state index contributed by atoms with van der Waals surface area (Å²) in [6.07, 6.45) is 2.60. The van der Waals surface area contributed by atoms with Crippen molar-refractivity contribution < 1.29 is 14.4 Å². The minimum atomic E-state index is -0.781. The normalized spacial score (nSPS) is 16.8. The summed E-state index contributed by atoms with van der Waals surface area (Å²) in [5, 5.41) is 5.88. The molecule has 1 saturated heterocycles. The first-order valence-corrected chi connectivity index (χ1v) is 13.5. The molecule has 5 rings (SSSR count). The molecule has 1 fully saturated rings. The second-order valence-electron chi connectivity index (χ2n) is 10.7. The maximum absolute atomic E-state index is 14.0. The highest BCUT2D eigenvalue weighted by Crippen LogP contribution is 2.26. The minimum Gasteiger partial charge on any atom is -0.357 e. The first-order valence-electron chi connectivity index (χ1n) is 13.5. The largest absolute Gasteiger partial charge is 0.357 e. The van der Waals surface area contributed by atoms with E-state index in [9.17, 15) is 14.4 Å². The summed E-state index contributed by atoms with van der Waals surface area (Å²) in [4.78, 5) is 48.3. The van der Waals surface area contributed by atoms with Crippen molar-refractivity contribution >= 4 is 39.4 Å². The number of carbonyl (C=O) groups excluding carboxylic acids is 3. The molecule has 1 N–H and O–H groups in total. The summed E-state index contributed by atoms with van der Waals surface area (Å²) < 4.78 is 0. The summed E-state index contributed by atoms with van der Waals surface area (Å²) in [5.74, 6) is -0.420. The molecule has 0 saturated carbocycles. The number of piperazine rings is 1. The van der Waals surface area contributed by atoms with Crippen LogP contribution in [0.25, 0.3) is 21.7 Å². The Hall–Kier alpha value is -4.26. The van der Waals surface area contributed by atoms with Gasteiger partial charge in [-0.1, -0.05) is 68.4 Å². The number of fused-ring (bicyclic) bond motifs is 2. The van der Waals surface area contributed by atoms with Crippen LogP contribution in [-0.4, -0.2) is 58.2 Å². The van der Waals surface area contributed by atoms with Gasteiger partial charge in [-0.25, -0.2) is 0 Å². The Morgan fingerprint density at radius 1 is 0.949 bits per heavy atom. The van der Waals surface area contributed by atoms with E-state index >= 15 is 0 Å². The Kier molecular flexibility index (Phi) is 7.59. The first kappa shape index (κ1) is 26.4. The molecular weight excluding hydrogens is 488 g/mol. The van der Waals surface area contributed by atoms with Gasteiger partial charge in [-0.05, 0) is 52.4 Å². The molecule has 0 spiro atoms. The van der Waals surface area contributed by atoms with Crippen molar-refractivity contribution in [3.05, 3.63) is 90.1 Å². The molecule has 3 amide bonds. The van der Waals surface area contributed by atoms with Gasteiger partial charge in [0.1, 0.15) is 18.6 Å². The van der Waals surface area contributed by atoms with Crippen LogP contribution in [0.15, 0.2) is 79.0 Å². The molecule has 0 bridgehead atoms. The van der Waals surface area contributed by atoms with Crippen LogP contribution in [0.5, 0.6) is 0 Å². The van der Waals surface area contributed by atoms with E-state index in [4.69, 9.17) is 0 Å². The van der Waals surface area contributed by atoms with Gasteiger partial charge in [-0.3, -0.25) is 19.4 Å². The highest BCUT2D eigenvalue weighted by atomic mass is 16.2. The molecule has 2 atom stereocenters. The lowest BCUT2D eigenvalue weighted by Gasteiger charge is -2.43. The topological polar surface area (TPSA) is 82.6 Å². The van der Waals surface area contributed by atoms with Crippen LogP contribution in [0.4, 0.5) is 0 Å². The van der Waals surface area contributed by atoms with Gasteiger partial charge in [-0.2, -0.15) is 0 Å². The van der Waals surface area contributed by atoms with Crippen LogP contribution >= 0.6 is 0 Å². The van der Waals surface area contributed by atoms with E-state index in [0.717, 1.165) is 32.8 Å². The predicted octanol–water partition coefficient (Wildman–Crippen LogP) is 4.33. The highest BCUT2D eigenvalue weighted by molar-refractivity contribution is 5.98. The Labute approximate surface area is 228 Å². The maximum Gasteiger partial charge on any atom is 0.246 e. The number of pyridine rings is 1. The average molecular weight is 523 g/mol. The third-order valence-corrected chi connectivity index (χ3v) is 7.45. The number of hydrogen-bond donors (Lipinski definition) is 1. The molecule has 0 unspecified atom stereocenters. The highest BCUT2D eigenvalue weighted by Gasteiger charge is 2.43. The Morgan fingerprint density at radius 3 is 2.44 bits per heavy atom. The van der Waals surface area contributed by atoms with Gasteiger partial charge in [0, 0.05) is 31.6 Å². The predicted molar refractivity (Wildman–Crippen MR) is 153 cm³/mol. The van der Waals surface area contributed by atoms with Crippen LogP contribution in [0.3, 0.4) is 0 Å². The van der Waals surface area contributed by atoms with Crippen molar-refractivity contribution in [3.8, 4) is 0 Å². The van der Waals surface area contributed by atoms with E-state index in [-0.39, 0.29) is 30.2 Å². The number of amides is 3. The van der Waals surface area contributed by atoms with Gasteiger partial charge in [0.2, 0.25) is 17.7 Å². The van der Waals surface area contributed by atoms with Gasteiger partial charge in [0.25, 0.3) is 0 Å². The van der Waals surface area contributed by atoms with E-state index in [0.29, 0.717) is 19.4 Å². The van der Waals surface area contributed by atoms with Crippen molar-refractivity contribution in [2.24, 2.45) is 5.92 Å². The van der Waals surface area contributed by atoms with Gasteiger partial charge in [0.15, 0.2) is 0 Å². The second kappa shape index (κ2) is 11.2. The van der Waals surface area contributed by atoms with Crippen LogP contribution in [0.2, 0.25) is 0 Å². The average Bonchev–Trinajstić information content (AvgIpc) is 2.94. The third-order valence-electron chi connectivity index (χ3n) is 7.45. The number of nitrogens with zero attached hydrogens (tertiary/aromatic N) is 3. The smallest absolute Gasteiger partial charge is 0.246 e. The summed E-state index contributed by atoms with van der Waals surface area (Å²) in [7, 11) is 1.57. The number of rotatable bonds is 8. The molecule has 4 aromatic rings. The first-order chi connectivity index (χ1) is 18.8. The van der Waals surface area contributed by atoms with Crippen molar-refractivity contribution in [1.29, 1.82) is 0 Å². The fourth-order valence-electron chi connectivity index (χ4n) is 5.47. The van der Waals surface area contributed by atoms with E-state index in [1.54, 1.807) is 18.1 Å². The number of nitrogens with one attached hydrogen (secondary N) is 1. The van der Waals surface area contributed by atoms with Gasteiger partial charge in [0.05, 0.1) is 5.52 Å². The lowest BCUT2D eigenvalue weighted by Crippen LogP contribution is -2.64. The Balaban J connectivity index is 1.43. The molecule has 7 nitrogen and oxygen atoms in total. The molecule has 39 heavy (non-hydrogen) atoms. The maximum atomic E-state index is 14.0. The number of likely N-dealkylation sites (N-methyl/N-ethyl adjacent to an activating group) is 1. The number of benzene rings is 3. The van der Waals surface area contributed by atoms with Gasteiger partial charge >= 0.3 is 0 Å². The fraction of sp³-hybridized carbons (Fsp3) is 0.312. The van der Waals surface area contributed by atoms with Crippen molar-refractivity contribution in [1.82, 2.24) is 20.1 Å². The zero-order chi connectivity index (χ0) is 27.5. The molecular formula is C32H34N4O3. The Bertz CT molecular complexity index is 1530. The van der Waals surface area contributed by atoms with Crippen molar-refractivity contribution in [2.75, 3.05) is 13.6 Å². The summed E-state index contributed by atoms with van der Waals surface area (Å²) in [5.41, 5.74) is 2.77. The summed E-state index contributed by atoms with van der Waals surface area (Å²) in [6, 6.07) is 22.5. The van der Waals surface area contributed by atoms with E-state index in [1.807, 2.05) is 86.6 Å². The number of hydrogen-bond acceptors (Lipinski definition) is 4. The van der Waals surface area contributed by atoms with E-state index in [1.165, 1.54) is 4.90 Å². The van der Waals surface area contributed by atoms with Crippen LogP contribution in [0.1, 0.15) is 31.4 Å². The van der Waals surface area contributed by atoms with Crippen LogP contribution < -0.4 is 5.32 Å². The lowest BCUT2D eigenvalue weighted by molar-refractivity contribution is -0.161. The van der Waals surface area contributed by atoms with Crippen LogP contribution in [-0.2, 0) is 27.3 Å². The molecule has 3 aromatic carbocycles. The molecule has 1 aliphatic rings. The summed E-state index contributed by atoms with van der Waals surface area (Å²) in [6.45, 7) is 4.29. The fourth-order valence-corrected chi connectivity index (χ4v) is 5.47. The zero-order valence-electron chi connectivity index (χ0n) is 22.6. The Morgan fingerprint density at radius 2 is 1.67 bits per heavy atom.